The van der Waals surface area contributed by atoms with E-state index in [4.69, 9.17) is 0 Å². The summed E-state index contributed by atoms with van der Waals surface area (Å²) in [6.45, 7) is 12.0. The molecule has 0 N–H and O–H groups in total. The molecule has 0 fully saturated rings. The van der Waals surface area contributed by atoms with E-state index >= 15 is 0 Å². The number of hydrogen-bond donors (Lipinski definition) is 0. The summed E-state index contributed by atoms with van der Waals surface area (Å²) in [5.74, 6) is 1.01. The van der Waals surface area contributed by atoms with Gasteiger partial charge in [0.25, 0.3) is 0 Å². The Kier molecular flexibility index (Phi) is 9.04. The monoisotopic (exact) mass is 361 g/mol. The minimum Gasteiger partial charge on any atom is -0.872 e. The Morgan fingerprint density at radius 1 is 0.652 bits per heavy atom. The van der Waals surface area contributed by atoms with Crippen molar-refractivity contribution in [1.29, 1.82) is 0 Å². The van der Waals surface area contributed by atoms with Gasteiger partial charge in [-0.05, 0) is 25.7 Å². The molecule has 1 radical (unpaired) electrons. The van der Waals surface area contributed by atoms with Gasteiger partial charge in [-0.25, -0.2) is 0 Å². The second-order valence-corrected chi connectivity index (χ2v) is 6.39. The molecule has 0 unspecified atom stereocenters. The summed E-state index contributed by atoms with van der Waals surface area (Å²) in [5, 5.41) is 22.6. The van der Waals surface area contributed by atoms with Crippen LogP contribution >= 0.6 is 0 Å². The van der Waals surface area contributed by atoms with E-state index in [0.29, 0.717) is 11.8 Å². The standard InChI is InChI=1S/2C10H14O.Cu/c2*1-7(2)9-5-4-8(3)6-10(9)11;/h2*4-7,11H,1-3H3;/q;;+2/p-2. The van der Waals surface area contributed by atoms with Crippen LogP contribution in [0.1, 0.15) is 61.8 Å². The molecule has 2 rings (SSSR count). The topological polar surface area (TPSA) is 46.1 Å². The van der Waals surface area contributed by atoms with E-state index in [2.05, 4.69) is 0 Å². The van der Waals surface area contributed by atoms with Crippen LogP contribution in [0.5, 0.6) is 11.5 Å². The van der Waals surface area contributed by atoms with Gasteiger partial charge in [0.1, 0.15) is 0 Å². The van der Waals surface area contributed by atoms with E-state index in [1.807, 2.05) is 65.8 Å². The predicted molar refractivity (Wildman–Crippen MR) is 89.4 cm³/mol. The van der Waals surface area contributed by atoms with Crippen molar-refractivity contribution in [2.45, 2.75) is 53.4 Å². The molecule has 129 valence electrons. The Balaban J connectivity index is 0.000000403. The molecule has 23 heavy (non-hydrogen) atoms. The Labute approximate surface area is 151 Å². The van der Waals surface area contributed by atoms with Crippen LogP contribution in [0.4, 0.5) is 0 Å². The maximum absolute atomic E-state index is 11.3. The van der Waals surface area contributed by atoms with Crippen molar-refractivity contribution in [2.75, 3.05) is 0 Å². The normalized spacial score (nSPS) is 10.1. The van der Waals surface area contributed by atoms with Gasteiger partial charge in [0.2, 0.25) is 0 Å². The van der Waals surface area contributed by atoms with Gasteiger partial charge in [-0.2, -0.15) is 0 Å². The van der Waals surface area contributed by atoms with E-state index in [-0.39, 0.29) is 28.6 Å². The largest absolute Gasteiger partial charge is 2.00 e. The van der Waals surface area contributed by atoms with E-state index in [1.165, 1.54) is 0 Å². The molecule has 0 bridgehead atoms. The first-order valence-electron chi connectivity index (χ1n) is 7.77. The Morgan fingerprint density at radius 3 is 1.17 bits per heavy atom. The maximum Gasteiger partial charge on any atom is 2.00 e. The van der Waals surface area contributed by atoms with E-state index in [1.54, 1.807) is 12.1 Å². The van der Waals surface area contributed by atoms with Crippen LogP contribution in [-0.4, -0.2) is 0 Å². The van der Waals surface area contributed by atoms with Gasteiger partial charge in [0, 0.05) is 0 Å². The van der Waals surface area contributed by atoms with Gasteiger partial charge in [0.15, 0.2) is 0 Å². The van der Waals surface area contributed by atoms with Crippen molar-refractivity contribution < 1.29 is 27.3 Å². The van der Waals surface area contributed by atoms with Crippen LogP contribution in [0.3, 0.4) is 0 Å². The fourth-order valence-electron chi connectivity index (χ4n) is 2.24. The average molecular weight is 362 g/mol. The maximum atomic E-state index is 11.3. The molecule has 0 aliphatic carbocycles. The molecule has 0 aliphatic rings. The minimum absolute atomic E-state index is 0. The molecule has 2 aromatic carbocycles. The van der Waals surface area contributed by atoms with Gasteiger partial charge in [-0.15, -0.1) is 11.5 Å². The molecular formula is C20H26CuO2. The molecule has 0 aromatic heterocycles. The molecule has 2 aromatic rings. The van der Waals surface area contributed by atoms with Crippen LogP contribution in [-0.2, 0) is 17.1 Å². The molecule has 0 saturated carbocycles. The molecule has 0 amide bonds. The average Bonchev–Trinajstić information content (AvgIpc) is 2.38. The smallest absolute Gasteiger partial charge is 0.872 e. The third kappa shape index (κ3) is 6.68. The van der Waals surface area contributed by atoms with Crippen molar-refractivity contribution in [2.24, 2.45) is 0 Å². The summed E-state index contributed by atoms with van der Waals surface area (Å²) in [5.41, 5.74) is 3.91. The SMILES string of the molecule is Cc1ccc(C(C)C)c([O-])c1.Cc1ccc(C(C)C)c([O-])c1.[Cu+2]. The molecule has 2 nitrogen and oxygen atoms in total. The first kappa shape index (κ1) is 21.6. The molecule has 0 spiro atoms. The van der Waals surface area contributed by atoms with Gasteiger partial charge in [0.05, 0.1) is 0 Å². The number of hydrogen-bond acceptors (Lipinski definition) is 2. The zero-order chi connectivity index (χ0) is 16.9. The molecular weight excluding hydrogens is 336 g/mol. The first-order valence-corrected chi connectivity index (χ1v) is 7.77. The van der Waals surface area contributed by atoms with Crippen molar-refractivity contribution in [3.8, 4) is 11.5 Å². The fraction of sp³-hybridized carbons (Fsp3) is 0.400. The summed E-state index contributed by atoms with van der Waals surface area (Å²) < 4.78 is 0. The van der Waals surface area contributed by atoms with Crippen molar-refractivity contribution in [3.05, 3.63) is 58.7 Å². The minimum atomic E-state index is 0. The predicted octanol–water partition coefficient (Wildman–Crippen LogP) is 4.38. The third-order valence-corrected chi connectivity index (χ3v) is 3.58. The summed E-state index contributed by atoms with van der Waals surface area (Å²) in [6.07, 6.45) is 0. The third-order valence-electron chi connectivity index (χ3n) is 3.58. The second kappa shape index (κ2) is 9.64. The van der Waals surface area contributed by atoms with Crippen molar-refractivity contribution in [3.63, 3.8) is 0 Å². The van der Waals surface area contributed by atoms with Crippen LogP contribution in [0.15, 0.2) is 36.4 Å². The van der Waals surface area contributed by atoms with Crippen LogP contribution in [0.25, 0.3) is 0 Å². The fourth-order valence-corrected chi connectivity index (χ4v) is 2.24. The van der Waals surface area contributed by atoms with Gasteiger partial charge in [-0.3, -0.25) is 0 Å². The molecule has 0 atom stereocenters. The number of rotatable bonds is 2. The Morgan fingerprint density at radius 2 is 0.957 bits per heavy atom. The molecule has 3 heteroatoms. The van der Waals surface area contributed by atoms with E-state index in [9.17, 15) is 10.2 Å². The zero-order valence-electron chi connectivity index (χ0n) is 14.7. The summed E-state index contributed by atoms with van der Waals surface area (Å²) in [7, 11) is 0. The van der Waals surface area contributed by atoms with Crippen molar-refractivity contribution in [1.82, 2.24) is 0 Å². The zero-order valence-corrected chi connectivity index (χ0v) is 15.7. The summed E-state index contributed by atoms with van der Waals surface area (Å²) >= 11 is 0. The summed E-state index contributed by atoms with van der Waals surface area (Å²) in [4.78, 5) is 0. The molecule has 0 saturated heterocycles. The van der Waals surface area contributed by atoms with Crippen LogP contribution in [0, 0.1) is 13.8 Å². The van der Waals surface area contributed by atoms with E-state index in [0.717, 1.165) is 22.3 Å². The van der Waals surface area contributed by atoms with Crippen molar-refractivity contribution >= 4 is 0 Å². The molecule has 0 aliphatic heterocycles. The number of aryl methyl sites for hydroxylation is 2. The first-order chi connectivity index (χ1) is 10.2. The van der Waals surface area contributed by atoms with Crippen LogP contribution < -0.4 is 10.2 Å². The Hall–Kier alpha value is -1.44. The number of benzene rings is 2. The Bertz CT molecular complexity index is 564. The van der Waals surface area contributed by atoms with E-state index < -0.39 is 0 Å². The quantitative estimate of drug-likeness (QED) is 0.745. The summed E-state index contributed by atoms with van der Waals surface area (Å²) in [6, 6.07) is 11.2. The second-order valence-electron chi connectivity index (χ2n) is 6.39. The van der Waals surface area contributed by atoms with Crippen LogP contribution in [0.2, 0.25) is 0 Å². The van der Waals surface area contributed by atoms with Gasteiger partial charge < -0.3 is 10.2 Å². The van der Waals surface area contributed by atoms with Gasteiger partial charge >= 0.3 is 17.1 Å². The molecule has 0 heterocycles. The van der Waals surface area contributed by atoms with Gasteiger partial charge in [-0.1, -0.05) is 86.3 Å².